The number of fused-ring (bicyclic) bond motifs is 1. The summed E-state index contributed by atoms with van der Waals surface area (Å²) in [6.45, 7) is 4.12. The van der Waals surface area contributed by atoms with Gasteiger partial charge in [-0.15, -0.1) is 11.3 Å². The number of aryl methyl sites for hydroxylation is 1. The maximum Gasteiger partial charge on any atom is 0.341 e. The monoisotopic (exact) mass is 452 g/mol. The zero-order valence-electron chi connectivity index (χ0n) is 17.5. The van der Waals surface area contributed by atoms with Crippen LogP contribution in [0.25, 0.3) is 0 Å². The van der Waals surface area contributed by atoms with E-state index in [1.165, 1.54) is 29.7 Å². The number of aliphatic imine (C=N–C) groups is 1. The Kier molecular flexibility index (Phi) is 6.18. The van der Waals surface area contributed by atoms with E-state index in [0.29, 0.717) is 34.0 Å². The highest BCUT2D eigenvalue weighted by Crippen LogP contribution is 2.39. The van der Waals surface area contributed by atoms with Gasteiger partial charge in [0, 0.05) is 23.2 Å². The molecule has 2 heterocycles. The van der Waals surface area contributed by atoms with Gasteiger partial charge in [-0.25, -0.2) is 9.79 Å². The average Bonchev–Trinajstić information content (AvgIpc) is 3.36. The van der Waals surface area contributed by atoms with Gasteiger partial charge in [0.25, 0.3) is 5.69 Å². The first-order valence-electron chi connectivity index (χ1n) is 9.92. The molecule has 0 saturated heterocycles. The lowest BCUT2D eigenvalue weighted by molar-refractivity contribution is -0.384. The molecular formula is C23H20N2O6S. The van der Waals surface area contributed by atoms with Crippen LogP contribution in [0.3, 0.4) is 0 Å². The third-order valence-electron chi connectivity index (χ3n) is 4.90. The number of hydrogen-bond acceptors (Lipinski definition) is 8. The summed E-state index contributed by atoms with van der Waals surface area (Å²) in [6.07, 6.45) is 2.02. The van der Waals surface area contributed by atoms with E-state index >= 15 is 0 Å². The van der Waals surface area contributed by atoms with E-state index in [1.807, 2.05) is 25.1 Å². The Bertz CT molecular complexity index is 1220. The Hall–Kier alpha value is -3.72. The van der Waals surface area contributed by atoms with Crippen LogP contribution in [0.5, 0.6) is 11.5 Å². The third kappa shape index (κ3) is 4.47. The minimum Gasteiger partial charge on any atom is -0.462 e. The van der Waals surface area contributed by atoms with Gasteiger partial charge in [0.05, 0.1) is 11.5 Å². The lowest BCUT2D eigenvalue weighted by Gasteiger charge is -2.07. The van der Waals surface area contributed by atoms with E-state index in [2.05, 4.69) is 4.99 Å². The predicted molar refractivity (Wildman–Crippen MR) is 121 cm³/mol. The molecule has 1 aromatic heterocycles. The Labute approximate surface area is 188 Å². The second-order valence-electron chi connectivity index (χ2n) is 7.01. The van der Waals surface area contributed by atoms with Gasteiger partial charge in [0.2, 0.25) is 6.79 Å². The highest BCUT2D eigenvalue weighted by Gasteiger charge is 2.24. The molecule has 0 saturated carbocycles. The summed E-state index contributed by atoms with van der Waals surface area (Å²) in [6, 6.07) is 11.9. The number of nitrogens with zero attached hydrogens (tertiary/aromatic N) is 2. The van der Waals surface area contributed by atoms with E-state index in [0.717, 1.165) is 16.0 Å². The molecule has 32 heavy (non-hydrogen) atoms. The first-order chi connectivity index (χ1) is 15.5. The Morgan fingerprint density at radius 1 is 1.25 bits per heavy atom. The normalized spacial score (nSPS) is 12.3. The van der Waals surface area contributed by atoms with Crippen LogP contribution < -0.4 is 9.47 Å². The van der Waals surface area contributed by atoms with Crippen LogP contribution >= 0.6 is 11.3 Å². The number of carbonyl (C=O) groups excluding carboxylic acids is 1. The van der Waals surface area contributed by atoms with Gasteiger partial charge in [-0.2, -0.15) is 0 Å². The van der Waals surface area contributed by atoms with E-state index < -0.39 is 10.9 Å². The number of nitro groups is 1. The molecule has 0 aliphatic carbocycles. The number of non-ortho nitro benzene ring substituents is 1. The molecule has 0 unspecified atom stereocenters. The van der Waals surface area contributed by atoms with E-state index in [4.69, 9.17) is 14.2 Å². The smallest absolute Gasteiger partial charge is 0.341 e. The van der Waals surface area contributed by atoms with Crippen LogP contribution in [0.4, 0.5) is 10.7 Å². The number of rotatable bonds is 7. The summed E-state index contributed by atoms with van der Waals surface area (Å²) in [7, 11) is 0. The molecule has 9 heteroatoms. The second-order valence-corrected chi connectivity index (χ2v) is 8.22. The van der Waals surface area contributed by atoms with Crippen molar-refractivity contribution in [1.82, 2.24) is 0 Å². The standard InChI is InChI=1S/C23H20N2O6S/c1-3-29-23(26)21-18(10-15-7-8-19-20(11-15)31-13-30-19)14(2)32-22(21)24-12-16-5-4-6-17(9-16)25(27)28/h4-9,11-12H,3,10,13H2,1-2H3. The zero-order valence-corrected chi connectivity index (χ0v) is 18.3. The van der Waals surface area contributed by atoms with Crippen molar-refractivity contribution < 1.29 is 23.9 Å². The second kappa shape index (κ2) is 9.19. The molecule has 0 amide bonds. The van der Waals surface area contributed by atoms with Crippen molar-refractivity contribution in [2.24, 2.45) is 4.99 Å². The number of esters is 1. The SMILES string of the molecule is CCOC(=O)c1c(N=Cc2cccc([N+](=O)[O-])c2)sc(C)c1Cc1ccc2c(c1)OCO2. The maximum atomic E-state index is 12.8. The number of thiophene rings is 1. The van der Waals surface area contributed by atoms with Crippen molar-refractivity contribution in [3.05, 3.63) is 79.7 Å². The molecule has 0 N–H and O–H groups in total. The van der Waals surface area contributed by atoms with Crippen molar-refractivity contribution in [2.45, 2.75) is 20.3 Å². The Morgan fingerprint density at radius 2 is 2.06 bits per heavy atom. The first kappa shape index (κ1) is 21.5. The molecule has 1 aliphatic heterocycles. The molecule has 0 fully saturated rings. The molecule has 0 spiro atoms. The van der Waals surface area contributed by atoms with Crippen LogP contribution in [0.1, 0.15) is 38.8 Å². The highest BCUT2D eigenvalue weighted by atomic mass is 32.1. The van der Waals surface area contributed by atoms with Crippen LogP contribution in [0.2, 0.25) is 0 Å². The van der Waals surface area contributed by atoms with Crippen LogP contribution in [0, 0.1) is 17.0 Å². The lowest BCUT2D eigenvalue weighted by Crippen LogP contribution is -2.07. The van der Waals surface area contributed by atoms with Crippen molar-refractivity contribution in [3.8, 4) is 11.5 Å². The molecule has 1 aliphatic rings. The number of carbonyl (C=O) groups is 1. The fraction of sp³-hybridized carbons (Fsp3) is 0.217. The molecule has 8 nitrogen and oxygen atoms in total. The number of ether oxygens (including phenoxy) is 3. The molecule has 0 bridgehead atoms. The fourth-order valence-electron chi connectivity index (χ4n) is 3.39. The van der Waals surface area contributed by atoms with Crippen LogP contribution in [-0.4, -0.2) is 30.5 Å². The molecule has 2 aromatic carbocycles. The summed E-state index contributed by atoms with van der Waals surface area (Å²) in [4.78, 5) is 28.8. The summed E-state index contributed by atoms with van der Waals surface area (Å²) >= 11 is 1.38. The summed E-state index contributed by atoms with van der Waals surface area (Å²) in [5, 5.41) is 11.5. The van der Waals surface area contributed by atoms with E-state index in [-0.39, 0.29) is 19.1 Å². The minimum atomic E-state index is -0.458. The molecule has 4 rings (SSSR count). The fourth-order valence-corrected chi connectivity index (χ4v) is 4.39. The molecule has 164 valence electrons. The lowest BCUT2D eigenvalue weighted by atomic mass is 10.0. The molecular weight excluding hydrogens is 432 g/mol. The van der Waals surface area contributed by atoms with Gasteiger partial charge < -0.3 is 14.2 Å². The third-order valence-corrected chi connectivity index (χ3v) is 5.96. The quantitative estimate of drug-likeness (QED) is 0.211. The topological polar surface area (TPSA) is 100 Å². The van der Waals surface area contributed by atoms with Crippen molar-refractivity contribution in [2.75, 3.05) is 13.4 Å². The summed E-state index contributed by atoms with van der Waals surface area (Å²) in [5.41, 5.74) is 2.75. The Balaban J connectivity index is 1.69. The molecule has 0 radical (unpaired) electrons. The van der Waals surface area contributed by atoms with Gasteiger partial charge >= 0.3 is 5.97 Å². The molecule has 0 atom stereocenters. The number of nitro benzene ring substituents is 1. The van der Waals surface area contributed by atoms with Crippen molar-refractivity contribution >= 4 is 34.2 Å². The van der Waals surface area contributed by atoms with Crippen molar-refractivity contribution in [1.29, 1.82) is 0 Å². The first-order valence-corrected chi connectivity index (χ1v) is 10.7. The average molecular weight is 452 g/mol. The van der Waals surface area contributed by atoms with Crippen LogP contribution in [0.15, 0.2) is 47.5 Å². The Morgan fingerprint density at radius 3 is 2.84 bits per heavy atom. The van der Waals surface area contributed by atoms with Gasteiger partial charge in [-0.3, -0.25) is 10.1 Å². The van der Waals surface area contributed by atoms with Gasteiger partial charge in [-0.05, 0) is 49.1 Å². The minimum absolute atomic E-state index is 0.0228. The largest absolute Gasteiger partial charge is 0.462 e. The highest BCUT2D eigenvalue weighted by molar-refractivity contribution is 7.16. The van der Waals surface area contributed by atoms with Crippen LogP contribution in [-0.2, 0) is 11.2 Å². The molecule has 3 aromatic rings. The maximum absolute atomic E-state index is 12.8. The predicted octanol–water partition coefficient (Wildman–Crippen LogP) is 5.21. The number of hydrogen-bond donors (Lipinski definition) is 0. The number of benzene rings is 2. The summed E-state index contributed by atoms with van der Waals surface area (Å²) < 4.78 is 16.1. The summed E-state index contributed by atoms with van der Waals surface area (Å²) in [5.74, 6) is 0.930. The zero-order chi connectivity index (χ0) is 22.7. The van der Waals surface area contributed by atoms with Gasteiger partial charge in [0.1, 0.15) is 10.6 Å². The van der Waals surface area contributed by atoms with Gasteiger partial charge in [-0.1, -0.05) is 18.2 Å². The van der Waals surface area contributed by atoms with E-state index in [9.17, 15) is 14.9 Å². The van der Waals surface area contributed by atoms with E-state index in [1.54, 1.807) is 19.1 Å². The van der Waals surface area contributed by atoms with Crippen molar-refractivity contribution in [3.63, 3.8) is 0 Å². The van der Waals surface area contributed by atoms with Gasteiger partial charge in [0.15, 0.2) is 11.5 Å².